The maximum Gasteiger partial charge on any atom is 0.222 e. The van der Waals surface area contributed by atoms with E-state index in [0.29, 0.717) is 0 Å². The number of rotatable bonds is 5. The first-order valence-electron chi connectivity index (χ1n) is 6.66. The molecule has 0 saturated heterocycles. The summed E-state index contributed by atoms with van der Waals surface area (Å²) in [6.45, 7) is 1.95. The van der Waals surface area contributed by atoms with Gasteiger partial charge in [0.1, 0.15) is 0 Å². The second kappa shape index (κ2) is 6.82. The molecule has 104 valence electrons. The Labute approximate surface area is 119 Å². The minimum Gasteiger partial charge on any atom is -0.350 e. The van der Waals surface area contributed by atoms with Crippen molar-refractivity contribution in [3.8, 4) is 0 Å². The molecule has 3 N–H and O–H groups in total. The van der Waals surface area contributed by atoms with Gasteiger partial charge in [-0.15, -0.1) is 0 Å². The van der Waals surface area contributed by atoms with Crippen molar-refractivity contribution >= 4 is 5.91 Å². The molecule has 0 bridgehead atoms. The third kappa shape index (κ3) is 3.90. The first-order chi connectivity index (χ1) is 9.66. The maximum absolute atomic E-state index is 12.0. The average Bonchev–Trinajstić information content (AvgIpc) is 2.49. The summed E-state index contributed by atoms with van der Waals surface area (Å²) in [6.07, 6.45) is 3.71. The van der Waals surface area contributed by atoms with Crippen LogP contribution in [0, 0.1) is 0 Å². The zero-order chi connectivity index (χ0) is 14.4. The topological polar surface area (TPSA) is 68.0 Å². The predicted molar refractivity (Wildman–Crippen MR) is 78.8 cm³/mol. The highest BCUT2D eigenvalue weighted by Crippen LogP contribution is 2.15. The van der Waals surface area contributed by atoms with Crippen LogP contribution in [0.5, 0.6) is 0 Å². The summed E-state index contributed by atoms with van der Waals surface area (Å²) in [5, 5.41) is 2.95. The Morgan fingerprint density at radius 2 is 1.80 bits per heavy atom. The van der Waals surface area contributed by atoms with Gasteiger partial charge in [0.15, 0.2) is 0 Å². The van der Waals surface area contributed by atoms with Gasteiger partial charge in [-0.25, -0.2) is 0 Å². The van der Waals surface area contributed by atoms with Gasteiger partial charge in [-0.1, -0.05) is 30.3 Å². The van der Waals surface area contributed by atoms with Crippen molar-refractivity contribution in [1.29, 1.82) is 0 Å². The van der Waals surface area contributed by atoms with E-state index in [9.17, 15) is 4.79 Å². The molecule has 0 aliphatic carbocycles. The number of nitrogens with two attached hydrogens (primary N) is 1. The molecule has 0 spiro atoms. The first-order valence-corrected chi connectivity index (χ1v) is 6.66. The molecule has 0 aliphatic heterocycles. The molecule has 2 atom stereocenters. The molecule has 0 aliphatic rings. The van der Waals surface area contributed by atoms with Crippen LogP contribution in [0.2, 0.25) is 0 Å². The van der Waals surface area contributed by atoms with Crippen LogP contribution in [-0.2, 0) is 4.79 Å². The third-order valence-electron chi connectivity index (χ3n) is 3.22. The Bertz CT molecular complexity index is 493. The molecule has 0 unspecified atom stereocenters. The largest absolute Gasteiger partial charge is 0.350 e. The number of benzene rings is 1. The Hall–Kier alpha value is -2.20. The van der Waals surface area contributed by atoms with E-state index in [1.54, 1.807) is 12.4 Å². The summed E-state index contributed by atoms with van der Waals surface area (Å²) in [5.74, 6) is -0.0503. The van der Waals surface area contributed by atoms with Crippen LogP contribution in [-0.4, -0.2) is 10.9 Å². The fraction of sp³-hybridized carbons (Fsp3) is 0.250. The number of amides is 1. The summed E-state index contributed by atoms with van der Waals surface area (Å²) in [6, 6.07) is 13.1. The second-order valence-electron chi connectivity index (χ2n) is 4.79. The molecular weight excluding hydrogens is 250 g/mol. The quantitative estimate of drug-likeness (QED) is 0.875. The lowest BCUT2D eigenvalue weighted by Gasteiger charge is -2.16. The lowest BCUT2D eigenvalue weighted by molar-refractivity contribution is -0.122. The highest BCUT2D eigenvalue weighted by atomic mass is 16.1. The SMILES string of the molecule is C[C@@H](NC(=O)C[C@@H](N)c1ccccc1)c1ccncc1. The summed E-state index contributed by atoms with van der Waals surface area (Å²) in [5.41, 5.74) is 8.04. The van der Waals surface area contributed by atoms with Gasteiger partial charge in [-0.05, 0) is 30.2 Å². The Balaban J connectivity index is 1.90. The van der Waals surface area contributed by atoms with Crippen LogP contribution >= 0.6 is 0 Å². The first kappa shape index (κ1) is 14.2. The van der Waals surface area contributed by atoms with Crippen molar-refractivity contribution < 1.29 is 4.79 Å². The number of pyridine rings is 1. The van der Waals surface area contributed by atoms with Crippen LogP contribution in [0.1, 0.15) is 36.6 Å². The fourth-order valence-corrected chi connectivity index (χ4v) is 2.05. The molecule has 1 aromatic carbocycles. The number of hydrogen-bond donors (Lipinski definition) is 2. The van der Waals surface area contributed by atoms with Crippen LogP contribution in [0.3, 0.4) is 0 Å². The van der Waals surface area contributed by atoms with Crippen LogP contribution in [0.25, 0.3) is 0 Å². The maximum atomic E-state index is 12.0. The standard InChI is InChI=1S/C16H19N3O/c1-12(13-7-9-18-10-8-13)19-16(20)11-15(17)14-5-3-2-4-6-14/h2-10,12,15H,11,17H2,1H3,(H,19,20)/t12-,15-/m1/s1. The molecule has 2 aromatic rings. The van der Waals surface area contributed by atoms with E-state index in [4.69, 9.17) is 5.73 Å². The van der Waals surface area contributed by atoms with Gasteiger partial charge in [0.2, 0.25) is 5.91 Å². The number of nitrogens with one attached hydrogen (secondary N) is 1. The molecule has 0 saturated carbocycles. The highest BCUT2D eigenvalue weighted by Gasteiger charge is 2.14. The Morgan fingerprint density at radius 1 is 1.15 bits per heavy atom. The molecule has 20 heavy (non-hydrogen) atoms. The van der Waals surface area contributed by atoms with Crippen molar-refractivity contribution in [2.45, 2.75) is 25.4 Å². The lowest BCUT2D eigenvalue weighted by Crippen LogP contribution is -2.29. The average molecular weight is 269 g/mol. The molecule has 2 rings (SSSR count). The molecule has 0 fully saturated rings. The van der Waals surface area contributed by atoms with Crippen LogP contribution in [0.15, 0.2) is 54.9 Å². The van der Waals surface area contributed by atoms with E-state index in [2.05, 4.69) is 10.3 Å². The van der Waals surface area contributed by atoms with E-state index in [-0.39, 0.29) is 24.4 Å². The number of nitrogens with zero attached hydrogens (tertiary/aromatic N) is 1. The van der Waals surface area contributed by atoms with Crippen molar-refractivity contribution in [3.63, 3.8) is 0 Å². The molecule has 4 nitrogen and oxygen atoms in total. The smallest absolute Gasteiger partial charge is 0.222 e. The van der Waals surface area contributed by atoms with Crippen molar-refractivity contribution in [2.24, 2.45) is 5.73 Å². The lowest BCUT2D eigenvalue weighted by atomic mass is 10.0. The molecule has 0 radical (unpaired) electrons. The van der Waals surface area contributed by atoms with E-state index >= 15 is 0 Å². The van der Waals surface area contributed by atoms with Crippen LogP contribution in [0.4, 0.5) is 0 Å². The van der Waals surface area contributed by atoms with E-state index in [1.165, 1.54) is 0 Å². The number of hydrogen-bond acceptors (Lipinski definition) is 3. The summed E-state index contributed by atoms with van der Waals surface area (Å²) >= 11 is 0. The van der Waals surface area contributed by atoms with Crippen LogP contribution < -0.4 is 11.1 Å². The Kier molecular flexibility index (Phi) is 4.85. The van der Waals surface area contributed by atoms with Gasteiger partial charge in [0.25, 0.3) is 0 Å². The molecule has 1 aromatic heterocycles. The van der Waals surface area contributed by atoms with Gasteiger partial charge in [-0.3, -0.25) is 9.78 Å². The molecule has 1 amide bonds. The minimum atomic E-state index is -0.277. The van der Waals surface area contributed by atoms with Gasteiger partial charge in [0, 0.05) is 24.9 Å². The summed E-state index contributed by atoms with van der Waals surface area (Å²) in [7, 11) is 0. The van der Waals surface area contributed by atoms with E-state index < -0.39 is 0 Å². The molecule has 1 heterocycles. The van der Waals surface area contributed by atoms with E-state index in [1.807, 2.05) is 49.4 Å². The van der Waals surface area contributed by atoms with Gasteiger partial charge in [0.05, 0.1) is 6.04 Å². The van der Waals surface area contributed by atoms with E-state index in [0.717, 1.165) is 11.1 Å². The predicted octanol–water partition coefficient (Wildman–Crippen LogP) is 2.35. The van der Waals surface area contributed by atoms with Gasteiger partial charge in [-0.2, -0.15) is 0 Å². The van der Waals surface area contributed by atoms with Crippen molar-refractivity contribution in [1.82, 2.24) is 10.3 Å². The highest BCUT2D eigenvalue weighted by molar-refractivity contribution is 5.77. The van der Waals surface area contributed by atoms with Gasteiger partial charge < -0.3 is 11.1 Å². The Morgan fingerprint density at radius 3 is 2.45 bits per heavy atom. The zero-order valence-corrected chi connectivity index (χ0v) is 11.5. The number of aromatic nitrogens is 1. The summed E-state index contributed by atoms with van der Waals surface area (Å²) < 4.78 is 0. The van der Waals surface area contributed by atoms with Crippen molar-refractivity contribution in [2.75, 3.05) is 0 Å². The third-order valence-corrected chi connectivity index (χ3v) is 3.22. The number of carbonyl (C=O) groups excluding carboxylic acids is 1. The summed E-state index contributed by atoms with van der Waals surface area (Å²) in [4.78, 5) is 16.0. The normalized spacial score (nSPS) is 13.5. The van der Waals surface area contributed by atoms with Crippen molar-refractivity contribution in [3.05, 3.63) is 66.0 Å². The second-order valence-corrected chi connectivity index (χ2v) is 4.79. The zero-order valence-electron chi connectivity index (χ0n) is 11.5. The minimum absolute atomic E-state index is 0.0477. The molecule has 4 heteroatoms. The monoisotopic (exact) mass is 269 g/mol. The number of carbonyl (C=O) groups is 1. The van der Waals surface area contributed by atoms with Gasteiger partial charge >= 0.3 is 0 Å². The fourth-order valence-electron chi connectivity index (χ4n) is 2.05. The molecular formula is C16H19N3O.